The molecule has 1 aromatic rings. The van der Waals surface area contributed by atoms with Crippen LogP contribution in [0.1, 0.15) is 37.1 Å². The van der Waals surface area contributed by atoms with E-state index in [1.807, 2.05) is 17.0 Å². The number of halogens is 1. The van der Waals surface area contributed by atoms with Crippen molar-refractivity contribution in [3.63, 3.8) is 0 Å². The summed E-state index contributed by atoms with van der Waals surface area (Å²) in [5.41, 5.74) is 0. The molecule has 2 atom stereocenters. The van der Waals surface area contributed by atoms with Crippen LogP contribution in [0.25, 0.3) is 0 Å². The quantitative estimate of drug-likeness (QED) is 0.922. The highest BCUT2D eigenvalue weighted by molar-refractivity contribution is 7.16. The van der Waals surface area contributed by atoms with Crippen LogP contribution in [0.4, 0.5) is 0 Å². The van der Waals surface area contributed by atoms with Gasteiger partial charge in [-0.3, -0.25) is 4.79 Å². The van der Waals surface area contributed by atoms with Gasteiger partial charge in [0, 0.05) is 17.5 Å². The van der Waals surface area contributed by atoms with Crippen LogP contribution in [0, 0.1) is 0 Å². The maximum Gasteiger partial charge on any atom is 0.240 e. The molecule has 3 nitrogen and oxygen atoms in total. The lowest BCUT2D eigenvalue weighted by Gasteiger charge is -2.24. The largest absolute Gasteiger partial charge is 0.334 e. The Bertz CT molecular complexity index is 458. The Balaban J connectivity index is 1.67. The van der Waals surface area contributed by atoms with Gasteiger partial charge in [0.15, 0.2) is 0 Å². The van der Waals surface area contributed by atoms with Gasteiger partial charge in [0.25, 0.3) is 0 Å². The fraction of sp³-hybridized carbons (Fsp3) is 0.615. The molecule has 1 saturated carbocycles. The van der Waals surface area contributed by atoms with E-state index in [0.717, 1.165) is 17.3 Å². The molecule has 0 aromatic carbocycles. The van der Waals surface area contributed by atoms with Gasteiger partial charge in [0.05, 0.1) is 16.4 Å². The summed E-state index contributed by atoms with van der Waals surface area (Å²) in [5, 5.41) is 3.43. The first-order valence-corrected chi connectivity index (χ1v) is 7.66. The average molecular weight is 285 g/mol. The summed E-state index contributed by atoms with van der Waals surface area (Å²) >= 11 is 7.52. The molecule has 18 heavy (non-hydrogen) atoms. The van der Waals surface area contributed by atoms with Crippen LogP contribution < -0.4 is 5.32 Å². The maximum atomic E-state index is 12.3. The normalized spacial score (nSPS) is 25.8. The molecule has 1 saturated heterocycles. The summed E-state index contributed by atoms with van der Waals surface area (Å²) in [6, 6.07) is 4.69. The van der Waals surface area contributed by atoms with Crippen molar-refractivity contribution < 1.29 is 4.79 Å². The second-order valence-electron chi connectivity index (χ2n) is 5.13. The van der Waals surface area contributed by atoms with Gasteiger partial charge in [-0.05, 0) is 38.3 Å². The predicted octanol–water partition coefficient (Wildman–Crippen LogP) is 2.82. The second kappa shape index (κ2) is 4.83. The smallest absolute Gasteiger partial charge is 0.240 e. The Morgan fingerprint density at radius 3 is 2.83 bits per heavy atom. The van der Waals surface area contributed by atoms with E-state index in [9.17, 15) is 4.79 Å². The number of hydrogen-bond donors (Lipinski definition) is 1. The van der Waals surface area contributed by atoms with E-state index in [1.54, 1.807) is 11.3 Å². The predicted molar refractivity (Wildman–Crippen MR) is 74.0 cm³/mol. The van der Waals surface area contributed by atoms with Crippen LogP contribution in [0.15, 0.2) is 12.1 Å². The van der Waals surface area contributed by atoms with Gasteiger partial charge < -0.3 is 10.2 Å². The number of carbonyl (C=O) groups is 1. The Morgan fingerprint density at radius 2 is 2.22 bits per heavy atom. The van der Waals surface area contributed by atoms with Gasteiger partial charge in [0.1, 0.15) is 0 Å². The van der Waals surface area contributed by atoms with E-state index >= 15 is 0 Å². The lowest BCUT2D eigenvalue weighted by Crippen LogP contribution is -2.40. The highest BCUT2D eigenvalue weighted by Gasteiger charge is 2.37. The van der Waals surface area contributed by atoms with Crippen molar-refractivity contribution in [1.82, 2.24) is 10.2 Å². The Morgan fingerprint density at radius 1 is 1.44 bits per heavy atom. The number of rotatable bonds is 4. The Labute approximate surface area is 116 Å². The number of carbonyl (C=O) groups excluding carboxylic acids is 1. The number of nitrogens with one attached hydrogen (secondary N) is 1. The van der Waals surface area contributed by atoms with E-state index in [0.29, 0.717) is 6.04 Å². The van der Waals surface area contributed by atoms with E-state index < -0.39 is 0 Å². The molecule has 0 radical (unpaired) electrons. The number of hydrogen-bond acceptors (Lipinski definition) is 3. The molecule has 1 aliphatic carbocycles. The fourth-order valence-electron chi connectivity index (χ4n) is 2.48. The highest BCUT2D eigenvalue weighted by Crippen LogP contribution is 2.33. The highest BCUT2D eigenvalue weighted by atomic mass is 35.5. The molecular weight excluding hydrogens is 268 g/mol. The molecular formula is C13H17ClN2OS. The van der Waals surface area contributed by atoms with E-state index in [1.165, 1.54) is 17.7 Å². The summed E-state index contributed by atoms with van der Waals surface area (Å²) < 4.78 is 0.788. The molecule has 2 unspecified atom stereocenters. The first-order valence-electron chi connectivity index (χ1n) is 6.47. The lowest BCUT2D eigenvalue weighted by atomic mass is 10.2. The molecule has 1 amide bonds. The molecule has 2 heterocycles. The van der Waals surface area contributed by atoms with E-state index in [-0.39, 0.29) is 18.0 Å². The molecule has 98 valence electrons. The minimum atomic E-state index is 0.0374. The molecule has 2 fully saturated rings. The van der Waals surface area contributed by atoms with Gasteiger partial charge in [-0.2, -0.15) is 0 Å². The van der Waals surface area contributed by atoms with Crippen molar-refractivity contribution in [3.8, 4) is 0 Å². The third kappa shape index (κ3) is 2.42. The minimum absolute atomic E-state index is 0.0374. The topological polar surface area (TPSA) is 32.3 Å². The van der Waals surface area contributed by atoms with Crippen molar-refractivity contribution in [2.45, 2.75) is 44.3 Å². The number of amides is 1. The van der Waals surface area contributed by atoms with Gasteiger partial charge in [0.2, 0.25) is 5.91 Å². The molecule has 3 rings (SSSR count). The van der Waals surface area contributed by atoms with Gasteiger partial charge in [-0.1, -0.05) is 11.6 Å². The van der Waals surface area contributed by atoms with Crippen LogP contribution >= 0.6 is 22.9 Å². The summed E-state index contributed by atoms with van der Waals surface area (Å²) in [4.78, 5) is 15.5. The molecule has 5 heteroatoms. The molecule has 2 aliphatic rings. The number of thiophene rings is 1. The van der Waals surface area contributed by atoms with Crippen LogP contribution in [-0.2, 0) is 4.79 Å². The monoisotopic (exact) mass is 284 g/mol. The van der Waals surface area contributed by atoms with Gasteiger partial charge >= 0.3 is 0 Å². The van der Waals surface area contributed by atoms with Crippen molar-refractivity contribution in [3.05, 3.63) is 21.3 Å². The summed E-state index contributed by atoms with van der Waals surface area (Å²) in [7, 11) is 0. The van der Waals surface area contributed by atoms with Gasteiger partial charge in [-0.15, -0.1) is 11.3 Å². The van der Waals surface area contributed by atoms with Crippen molar-refractivity contribution in [2.24, 2.45) is 0 Å². The maximum absolute atomic E-state index is 12.3. The fourth-order valence-corrected chi connectivity index (χ4v) is 3.61. The van der Waals surface area contributed by atoms with Crippen molar-refractivity contribution >= 4 is 28.8 Å². The molecule has 1 N–H and O–H groups in total. The van der Waals surface area contributed by atoms with Crippen LogP contribution in [0.5, 0.6) is 0 Å². The summed E-state index contributed by atoms with van der Waals surface area (Å²) in [6.45, 7) is 2.93. The zero-order valence-corrected chi connectivity index (χ0v) is 11.9. The minimum Gasteiger partial charge on any atom is -0.334 e. The summed E-state index contributed by atoms with van der Waals surface area (Å²) in [6.07, 6.45) is 3.37. The second-order valence-corrected chi connectivity index (χ2v) is 6.88. The zero-order chi connectivity index (χ0) is 12.7. The average Bonchev–Trinajstić information content (AvgIpc) is 2.95. The lowest BCUT2D eigenvalue weighted by molar-refractivity contribution is -0.131. The van der Waals surface area contributed by atoms with E-state index in [4.69, 9.17) is 11.6 Å². The van der Waals surface area contributed by atoms with Crippen molar-refractivity contribution in [2.75, 3.05) is 6.54 Å². The Hall–Kier alpha value is -0.580. The standard InChI is InChI=1S/C13H17ClN2OS/c1-8(11-4-5-12(14)18-11)16-7-6-10(13(16)17)15-9-2-3-9/h4-5,8-10,15H,2-3,6-7H2,1H3. The SMILES string of the molecule is CC(c1ccc(Cl)s1)N1CCC(NC2CC2)C1=O. The summed E-state index contributed by atoms with van der Waals surface area (Å²) in [5.74, 6) is 0.249. The van der Waals surface area contributed by atoms with Crippen LogP contribution in [-0.4, -0.2) is 29.4 Å². The van der Waals surface area contributed by atoms with Crippen LogP contribution in [0.2, 0.25) is 4.34 Å². The van der Waals surface area contributed by atoms with Gasteiger partial charge in [-0.25, -0.2) is 0 Å². The molecule has 0 bridgehead atoms. The molecule has 1 aromatic heterocycles. The van der Waals surface area contributed by atoms with Crippen molar-refractivity contribution in [1.29, 1.82) is 0 Å². The molecule has 0 spiro atoms. The Kier molecular flexibility index (Phi) is 3.34. The van der Waals surface area contributed by atoms with Crippen LogP contribution in [0.3, 0.4) is 0 Å². The zero-order valence-electron chi connectivity index (χ0n) is 10.4. The first-order chi connectivity index (χ1) is 8.65. The number of nitrogens with zero attached hydrogens (tertiary/aromatic N) is 1. The first kappa shape index (κ1) is 12.5. The molecule has 1 aliphatic heterocycles. The third-order valence-electron chi connectivity index (χ3n) is 3.73. The third-order valence-corrected chi connectivity index (χ3v) is 5.13. The number of likely N-dealkylation sites (tertiary alicyclic amines) is 1. The van der Waals surface area contributed by atoms with E-state index in [2.05, 4.69) is 12.2 Å².